The van der Waals surface area contributed by atoms with Gasteiger partial charge in [-0.05, 0) is 59.0 Å². The Bertz CT molecular complexity index is 851. The second kappa shape index (κ2) is 7.02. The average molecular weight is 320 g/mol. The summed E-state index contributed by atoms with van der Waals surface area (Å²) >= 11 is 0. The Labute approximate surface area is 137 Å². The number of nitriles is 1. The summed E-state index contributed by atoms with van der Waals surface area (Å²) in [5.74, 6) is 0.337. The van der Waals surface area contributed by atoms with Gasteiger partial charge >= 0.3 is 0 Å². The van der Waals surface area contributed by atoms with E-state index in [-0.39, 0.29) is 12.5 Å². The summed E-state index contributed by atoms with van der Waals surface area (Å²) in [6.45, 7) is -0.0145. The van der Waals surface area contributed by atoms with Gasteiger partial charge in [0.2, 0.25) is 0 Å². The lowest BCUT2D eigenvalue weighted by molar-refractivity contribution is 0.102. The number of ether oxygens (including phenoxy) is 1. The summed E-state index contributed by atoms with van der Waals surface area (Å²) in [5.41, 5.74) is 1.90. The number of benzene rings is 2. The molecular weight excluding hydrogens is 308 g/mol. The highest BCUT2D eigenvalue weighted by molar-refractivity contribution is 6.04. The van der Waals surface area contributed by atoms with Crippen molar-refractivity contribution in [2.75, 3.05) is 11.9 Å². The minimum Gasteiger partial charge on any atom is -0.479 e. The van der Waals surface area contributed by atoms with Gasteiger partial charge in [-0.2, -0.15) is 5.26 Å². The fourth-order valence-electron chi connectivity index (χ4n) is 2.00. The standard InChI is InChI=1S/C16H12N6O2/c17-9-10-24-15-7-3-13(4-8-15)19-16(23)12-1-5-14(6-2-12)22-11-18-20-21-22/h1-8,11H,10H2,(H,19,23). The number of anilines is 1. The van der Waals surface area contributed by atoms with E-state index >= 15 is 0 Å². The van der Waals surface area contributed by atoms with E-state index in [1.54, 1.807) is 48.5 Å². The van der Waals surface area contributed by atoms with Gasteiger partial charge in [0, 0.05) is 11.3 Å². The zero-order chi connectivity index (χ0) is 16.8. The van der Waals surface area contributed by atoms with E-state index in [2.05, 4.69) is 20.8 Å². The first-order chi connectivity index (χ1) is 11.8. The molecule has 8 nitrogen and oxygen atoms in total. The number of nitrogens with one attached hydrogen (secondary N) is 1. The lowest BCUT2D eigenvalue weighted by atomic mass is 10.2. The number of carbonyl (C=O) groups is 1. The van der Waals surface area contributed by atoms with Crippen molar-refractivity contribution in [1.82, 2.24) is 20.2 Å². The smallest absolute Gasteiger partial charge is 0.255 e. The number of amides is 1. The van der Waals surface area contributed by atoms with Crippen molar-refractivity contribution in [3.05, 3.63) is 60.4 Å². The minimum atomic E-state index is -0.232. The lowest BCUT2D eigenvalue weighted by Crippen LogP contribution is -2.12. The third-order valence-corrected chi connectivity index (χ3v) is 3.16. The van der Waals surface area contributed by atoms with Crippen LogP contribution in [0.1, 0.15) is 10.4 Å². The first-order valence-electron chi connectivity index (χ1n) is 7.01. The molecule has 0 saturated heterocycles. The number of rotatable bonds is 5. The molecule has 0 unspecified atom stereocenters. The van der Waals surface area contributed by atoms with Gasteiger partial charge in [0.25, 0.3) is 5.91 Å². The van der Waals surface area contributed by atoms with Crippen LogP contribution in [0, 0.1) is 11.3 Å². The predicted molar refractivity (Wildman–Crippen MR) is 84.7 cm³/mol. The highest BCUT2D eigenvalue weighted by Gasteiger charge is 2.07. The largest absolute Gasteiger partial charge is 0.479 e. The van der Waals surface area contributed by atoms with Crippen molar-refractivity contribution in [2.45, 2.75) is 0 Å². The van der Waals surface area contributed by atoms with E-state index in [9.17, 15) is 4.79 Å². The van der Waals surface area contributed by atoms with E-state index in [1.807, 2.05) is 6.07 Å². The Kier molecular flexibility index (Phi) is 4.44. The van der Waals surface area contributed by atoms with Crippen LogP contribution in [0.5, 0.6) is 5.75 Å². The van der Waals surface area contributed by atoms with Gasteiger partial charge in [0.05, 0.1) is 5.69 Å². The normalized spacial score (nSPS) is 9.96. The molecule has 2 aromatic carbocycles. The number of hydrogen-bond donors (Lipinski definition) is 1. The monoisotopic (exact) mass is 320 g/mol. The Balaban J connectivity index is 1.65. The Morgan fingerprint density at radius 1 is 1.17 bits per heavy atom. The van der Waals surface area contributed by atoms with E-state index in [0.717, 1.165) is 5.69 Å². The second-order valence-electron chi connectivity index (χ2n) is 4.73. The SMILES string of the molecule is N#CCOc1ccc(NC(=O)c2ccc(-n3cnnn3)cc2)cc1. The number of carbonyl (C=O) groups excluding carboxylic acids is 1. The molecule has 1 heterocycles. The van der Waals surface area contributed by atoms with Gasteiger partial charge in [-0.1, -0.05) is 0 Å². The van der Waals surface area contributed by atoms with Gasteiger partial charge < -0.3 is 10.1 Å². The van der Waals surface area contributed by atoms with Gasteiger partial charge in [-0.15, -0.1) is 5.10 Å². The maximum absolute atomic E-state index is 12.2. The maximum atomic E-state index is 12.2. The molecule has 24 heavy (non-hydrogen) atoms. The fraction of sp³-hybridized carbons (Fsp3) is 0.0625. The van der Waals surface area contributed by atoms with E-state index in [1.165, 1.54) is 11.0 Å². The molecule has 8 heteroatoms. The van der Waals surface area contributed by atoms with Crippen LogP contribution in [0.3, 0.4) is 0 Å². The molecule has 118 valence electrons. The number of aromatic nitrogens is 4. The third-order valence-electron chi connectivity index (χ3n) is 3.16. The van der Waals surface area contributed by atoms with Crippen molar-refractivity contribution in [3.63, 3.8) is 0 Å². The molecule has 0 spiro atoms. The molecule has 1 aromatic heterocycles. The zero-order valence-corrected chi connectivity index (χ0v) is 12.5. The Hall–Kier alpha value is -3.73. The first-order valence-corrected chi connectivity index (χ1v) is 7.01. The fourth-order valence-corrected chi connectivity index (χ4v) is 2.00. The number of nitrogens with zero attached hydrogens (tertiary/aromatic N) is 5. The summed E-state index contributed by atoms with van der Waals surface area (Å²) in [5, 5.41) is 22.2. The second-order valence-corrected chi connectivity index (χ2v) is 4.73. The summed E-state index contributed by atoms with van der Waals surface area (Å²) < 4.78 is 6.66. The Morgan fingerprint density at radius 2 is 1.92 bits per heavy atom. The summed E-state index contributed by atoms with van der Waals surface area (Å²) in [6.07, 6.45) is 1.48. The highest BCUT2D eigenvalue weighted by Crippen LogP contribution is 2.17. The molecule has 0 aliphatic heterocycles. The maximum Gasteiger partial charge on any atom is 0.255 e. The molecule has 0 radical (unpaired) electrons. The molecule has 0 fully saturated rings. The van der Waals surface area contributed by atoms with Crippen LogP contribution in [0.2, 0.25) is 0 Å². The van der Waals surface area contributed by atoms with Crippen LogP contribution >= 0.6 is 0 Å². The molecule has 1 amide bonds. The van der Waals surface area contributed by atoms with Crippen molar-refractivity contribution in [1.29, 1.82) is 5.26 Å². The summed E-state index contributed by atoms with van der Waals surface area (Å²) in [6, 6.07) is 15.6. The Morgan fingerprint density at radius 3 is 2.54 bits per heavy atom. The van der Waals surface area contributed by atoms with Crippen LogP contribution in [-0.2, 0) is 0 Å². The van der Waals surface area contributed by atoms with E-state index in [0.29, 0.717) is 17.0 Å². The minimum absolute atomic E-state index is 0.0145. The van der Waals surface area contributed by atoms with Crippen LogP contribution in [0.25, 0.3) is 5.69 Å². The predicted octanol–water partition coefficient (Wildman–Crippen LogP) is 1.82. The van der Waals surface area contributed by atoms with Crippen molar-refractivity contribution >= 4 is 11.6 Å². The van der Waals surface area contributed by atoms with Crippen LogP contribution in [-0.4, -0.2) is 32.7 Å². The topological polar surface area (TPSA) is 106 Å². The molecule has 3 rings (SSSR count). The molecule has 1 N–H and O–H groups in total. The van der Waals surface area contributed by atoms with Crippen molar-refractivity contribution < 1.29 is 9.53 Å². The molecular formula is C16H12N6O2. The van der Waals surface area contributed by atoms with Crippen molar-refractivity contribution in [2.24, 2.45) is 0 Å². The third kappa shape index (κ3) is 3.53. The van der Waals surface area contributed by atoms with Crippen LogP contribution < -0.4 is 10.1 Å². The highest BCUT2D eigenvalue weighted by atomic mass is 16.5. The number of tetrazole rings is 1. The van der Waals surface area contributed by atoms with E-state index < -0.39 is 0 Å². The molecule has 0 saturated carbocycles. The van der Waals surface area contributed by atoms with Gasteiger partial charge in [-0.25, -0.2) is 4.68 Å². The molecule has 0 aliphatic rings. The van der Waals surface area contributed by atoms with Crippen LogP contribution in [0.4, 0.5) is 5.69 Å². The van der Waals surface area contributed by atoms with Crippen LogP contribution in [0.15, 0.2) is 54.9 Å². The van der Waals surface area contributed by atoms with Gasteiger partial charge in [-0.3, -0.25) is 4.79 Å². The zero-order valence-electron chi connectivity index (χ0n) is 12.5. The molecule has 0 aliphatic carbocycles. The summed E-state index contributed by atoms with van der Waals surface area (Å²) in [7, 11) is 0. The van der Waals surface area contributed by atoms with Gasteiger partial charge in [0.1, 0.15) is 18.1 Å². The van der Waals surface area contributed by atoms with E-state index in [4.69, 9.17) is 10.00 Å². The summed E-state index contributed by atoms with van der Waals surface area (Å²) in [4.78, 5) is 12.2. The quantitative estimate of drug-likeness (QED) is 0.768. The van der Waals surface area contributed by atoms with Gasteiger partial charge in [0.15, 0.2) is 6.61 Å². The lowest BCUT2D eigenvalue weighted by Gasteiger charge is -2.07. The average Bonchev–Trinajstić information content (AvgIpc) is 3.16. The van der Waals surface area contributed by atoms with Crippen molar-refractivity contribution in [3.8, 4) is 17.5 Å². The first kappa shape index (κ1) is 15.2. The molecule has 0 atom stereocenters. The molecule has 3 aromatic rings. The number of hydrogen-bond acceptors (Lipinski definition) is 6. The molecule has 0 bridgehead atoms.